The van der Waals surface area contributed by atoms with Gasteiger partial charge in [0.2, 0.25) is 0 Å². The molecule has 0 radical (unpaired) electrons. The summed E-state index contributed by atoms with van der Waals surface area (Å²) in [4.78, 5) is 23.5. The number of aliphatic carboxylic acids is 1. The number of aryl methyl sites for hydroxylation is 3. The molecule has 0 bridgehead atoms. The Hall–Kier alpha value is -2.12. The van der Waals surface area contributed by atoms with Crippen LogP contribution in [-0.2, 0) is 17.8 Å². The lowest BCUT2D eigenvalue weighted by Crippen LogP contribution is -2.25. The zero-order valence-corrected chi connectivity index (χ0v) is 17.1. The van der Waals surface area contributed by atoms with E-state index in [1.54, 1.807) is 9.25 Å². The van der Waals surface area contributed by atoms with Crippen LogP contribution in [0.25, 0.3) is 5.69 Å². The Balaban J connectivity index is 0.00000280. The van der Waals surface area contributed by atoms with Gasteiger partial charge in [0.05, 0.1) is 5.69 Å². The third-order valence-electron chi connectivity index (χ3n) is 5.27. The molecule has 2 N–H and O–H groups in total. The molecule has 0 spiro atoms. The van der Waals surface area contributed by atoms with Crippen molar-refractivity contribution in [2.75, 3.05) is 13.1 Å². The number of halogens is 1. The van der Waals surface area contributed by atoms with Gasteiger partial charge in [-0.05, 0) is 75.7 Å². The van der Waals surface area contributed by atoms with Gasteiger partial charge in [0.1, 0.15) is 5.82 Å². The van der Waals surface area contributed by atoms with Crippen molar-refractivity contribution in [3.05, 3.63) is 46.1 Å². The zero-order chi connectivity index (χ0) is 19.2. The fourth-order valence-corrected chi connectivity index (χ4v) is 3.71. The SMILES string of the molecule is Cc1nn(CCC2CCCNCC2)c(=O)n1-c1ccc(CCC(=O)O)cc1.Cl. The standard InChI is InChI=1S/C20H28N4O3.ClH/c1-15-22-23(14-11-16-3-2-12-21-13-10-16)20(27)24(15)18-7-4-17(5-8-18)6-9-19(25)26;/h4-5,7-8,16,21H,2-3,6,9-14H2,1H3,(H,25,26);1H. The molecule has 1 saturated heterocycles. The van der Waals surface area contributed by atoms with Crippen molar-refractivity contribution >= 4 is 18.4 Å². The number of rotatable bonds is 7. The predicted molar refractivity (Wildman–Crippen MR) is 111 cm³/mol. The lowest BCUT2D eigenvalue weighted by molar-refractivity contribution is -0.136. The molecular formula is C20H29ClN4O3. The number of carboxylic acids is 1. The minimum absolute atomic E-state index is 0. The monoisotopic (exact) mass is 408 g/mol. The number of hydrogen-bond donors (Lipinski definition) is 2. The third kappa shape index (κ3) is 5.69. The molecule has 0 saturated carbocycles. The quantitative estimate of drug-likeness (QED) is 0.734. The highest BCUT2D eigenvalue weighted by molar-refractivity contribution is 5.85. The van der Waals surface area contributed by atoms with Gasteiger partial charge in [-0.25, -0.2) is 14.0 Å². The fourth-order valence-electron chi connectivity index (χ4n) is 3.71. The minimum Gasteiger partial charge on any atom is -0.481 e. The molecule has 7 nitrogen and oxygen atoms in total. The summed E-state index contributed by atoms with van der Waals surface area (Å²) >= 11 is 0. The second-order valence-electron chi connectivity index (χ2n) is 7.28. The molecule has 1 aromatic heterocycles. The molecule has 2 heterocycles. The number of nitrogens with zero attached hydrogens (tertiary/aromatic N) is 3. The van der Waals surface area contributed by atoms with E-state index in [4.69, 9.17) is 5.11 Å². The van der Waals surface area contributed by atoms with E-state index in [0.29, 0.717) is 24.7 Å². The Morgan fingerprint density at radius 2 is 2.00 bits per heavy atom. The molecule has 28 heavy (non-hydrogen) atoms. The summed E-state index contributed by atoms with van der Waals surface area (Å²) < 4.78 is 3.20. The highest BCUT2D eigenvalue weighted by Crippen LogP contribution is 2.18. The maximum atomic E-state index is 12.8. The Morgan fingerprint density at radius 1 is 1.25 bits per heavy atom. The first-order chi connectivity index (χ1) is 13.0. The van der Waals surface area contributed by atoms with Gasteiger partial charge in [-0.3, -0.25) is 4.79 Å². The Kier molecular flexibility index (Phi) is 8.26. The summed E-state index contributed by atoms with van der Waals surface area (Å²) in [6.45, 7) is 4.63. The highest BCUT2D eigenvalue weighted by atomic mass is 35.5. The van der Waals surface area contributed by atoms with Crippen LogP contribution in [0.3, 0.4) is 0 Å². The summed E-state index contributed by atoms with van der Waals surface area (Å²) in [5.74, 6) is 0.503. The predicted octanol–water partition coefficient (Wildman–Crippen LogP) is 2.56. The van der Waals surface area contributed by atoms with Crippen molar-refractivity contribution in [2.24, 2.45) is 5.92 Å². The van der Waals surface area contributed by atoms with Crippen LogP contribution < -0.4 is 11.0 Å². The van der Waals surface area contributed by atoms with Crippen molar-refractivity contribution in [3.8, 4) is 5.69 Å². The summed E-state index contributed by atoms with van der Waals surface area (Å²) in [7, 11) is 0. The van der Waals surface area contributed by atoms with Crippen LogP contribution in [0, 0.1) is 12.8 Å². The topological polar surface area (TPSA) is 89.2 Å². The molecule has 0 aliphatic carbocycles. The molecule has 1 aliphatic rings. The van der Waals surface area contributed by atoms with Crippen LogP contribution in [0.15, 0.2) is 29.1 Å². The molecule has 3 rings (SSSR count). The van der Waals surface area contributed by atoms with Crippen molar-refractivity contribution < 1.29 is 9.90 Å². The van der Waals surface area contributed by atoms with E-state index in [-0.39, 0.29) is 24.5 Å². The molecule has 1 fully saturated rings. The van der Waals surface area contributed by atoms with Gasteiger partial charge in [0, 0.05) is 13.0 Å². The number of carboxylic acid groups (broad SMARTS) is 1. The van der Waals surface area contributed by atoms with Crippen LogP contribution in [0.1, 0.15) is 43.5 Å². The van der Waals surface area contributed by atoms with Gasteiger partial charge in [0.25, 0.3) is 0 Å². The van der Waals surface area contributed by atoms with E-state index in [2.05, 4.69) is 10.4 Å². The van der Waals surface area contributed by atoms with E-state index < -0.39 is 5.97 Å². The average Bonchev–Trinajstić information content (AvgIpc) is 2.82. The normalized spacial score (nSPS) is 17.0. The molecule has 8 heteroatoms. The number of carbonyl (C=O) groups is 1. The summed E-state index contributed by atoms with van der Waals surface area (Å²) in [5.41, 5.74) is 1.60. The molecule has 2 aromatic rings. The molecule has 1 aliphatic heterocycles. The first-order valence-electron chi connectivity index (χ1n) is 9.73. The number of nitrogens with one attached hydrogen (secondary N) is 1. The second-order valence-corrected chi connectivity index (χ2v) is 7.28. The van der Waals surface area contributed by atoms with E-state index in [0.717, 1.165) is 37.2 Å². The first kappa shape index (κ1) is 22.2. The Bertz CT molecular complexity index is 821. The first-order valence-corrected chi connectivity index (χ1v) is 9.73. The summed E-state index contributed by atoms with van der Waals surface area (Å²) in [5, 5.41) is 16.7. The van der Waals surface area contributed by atoms with Crippen molar-refractivity contribution in [1.29, 1.82) is 0 Å². The maximum absolute atomic E-state index is 12.8. The van der Waals surface area contributed by atoms with Crippen molar-refractivity contribution in [3.63, 3.8) is 0 Å². The van der Waals surface area contributed by atoms with Gasteiger partial charge >= 0.3 is 11.7 Å². The average molecular weight is 409 g/mol. The third-order valence-corrected chi connectivity index (χ3v) is 5.27. The Labute approximate surface area is 171 Å². The van der Waals surface area contributed by atoms with Gasteiger partial charge in [-0.2, -0.15) is 5.10 Å². The van der Waals surface area contributed by atoms with Crippen LogP contribution in [0.5, 0.6) is 0 Å². The lowest BCUT2D eigenvalue weighted by atomic mass is 9.97. The van der Waals surface area contributed by atoms with Crippen LogP contribution in [0.2, 0.25) is 0 Å². The molecule has 1 unspecified atom stereocenters. The van der Waals surface area contributed by atoms with E-state index in [9.17, 15) is 9.59 Å². The molecule has 0 amide bonds. The number of hydrogen-bond acceptors (Lipinski definition) is 4. The van der Waals surface area contributed by atoms with Crippen LogP contribution in [-0.4, -0.2) is 38.5 Å². The Morgan fingerprint density at radius 3 is 2.71 bits per heavy atom. The van der Waals surface area contributed by atoms with Gasteiger partial charge in [-0.1, -0.05) is 12.1 Å². The largest absolute Gasteiger partial charge is 0.481 e. The van der Waals surface area contributed by atoms with Crippen LogP contribution in [0.4, 0.5) is 0 Å². The molecule has 1 atom stereocenters. The number of benzene rings is 1. The van der Waals surface area contributed by atoms with Gasteiger partial charge < -0.3 is 10.4 Å². The lowest BCUT2D eigenvalue weighted by Gasteiger charge is -2.12. The minimum atomic E-state index is -0.808. The van der Waals surface area contributed by atoms with E-state index in [1.807, 2.05) is 31.2 Å². The molecule has 1 aromatic carbocycles. The van der Waals surface area contributed by atoms with Crippen LogP contribution >= 0.6 is 12.4 Å². The fraction of sp³-hybridized carbons (Fsp3) is 0.550. The van der Waals surface area contributed by atoms with Gasteiger partial charge in [0.15, 0.2) is 0 Å². The summed E-state index contributed by atoms with van der Waals surface area (Å²) in [6.07, 6.45) is 5.13. The zero-order valence-electron chi connectivity index (χ0n) is 16.3. The number of aromatic nitrogens is 3. The molecular weight excluding hydrogens is 380 g/mol. The van der Waals surface area contributed by atoms with E-state index >= 15 is 0 Å². The van der Waals surface area contributed by atoms with Crippen molar-refractivity contribution in [2.45, 2.75) is 52.0 Å². The smallest absolute Gasteiger partial charge is 0.350 e. The maximum Gasteiger partial charge on any atom is 0.350 e. The van der Waals surface area contributed by atoms with Gasteiger partial charge in [-0.15, -0.1) is 12.4 Å². The van der Waals surface area contributed by atoms with E-state index in [1.165, 1.54) is 12.8 Å². The molecule has 154 valence electrons. The van der Waals surface area contributed by atoms with Crippen molar-refractivity contribution in [1.82, 2.24) is 19.7 Å². The summed E-state index contributed by atoms with van der Waals surface area (Å²) in [6, 6.07) is 7.46. The second kappa shape index (κ2) is 10.4. The highest BCUT2D eigenvalue weighted by Gasteiger charge is 2.15.